The van der Waals surface area contributed by atoms with Gasteiger partial charge in [-0.15, -0.1) is 0 Å². The minimum atomic E-state index is -0.668. The van der Waals surface area contributed by atoms with Gasteiger partial charge in [0.15, 0.2) is 6.10 Å². The predicted octanol–water partition coefficient (Wildman–Crippen LogP) is 6.11. The van der Waals surface area contributed by atoms with E-state index in [0.29, 0.717) is 13.0 Å². The molecule has 1 aromatic rings. The Morgan fingerprint density at radius 2 is 1.76 bits per heavy atom. The van der Waals surface area contributed by atoms with E-state index in [1.807, 2.05) is 42.5 Å². The molecule has 29 heavy (non-hydrogen) atoms. The second kappa shape index (κ2) is 12.5. The molecule has 1 aliphatic carbocycles. The summed E-state index contributed by atoms with van der Waals surface area (Å²) in [5.41, 5.74) is 0.333. The molecule has 0 aromatic heterocycles. The lowest BCUT2D eigenvalue weighted by molar-refractivity contribution is -0.164. The molecule has 0 saturated heterocycles. The number of benzene rings is 1. The number of carbonyl (C=O) groups excluding carboxylic acids is 1. The largest absolute Gasteiger partial charge is 0.494 e. The van der Waals surface area contributed by atoms with E-state index in [1.165, 1.54) is 32.1 Å². The van der Waals surface area contributed by atoms with Crippen LogP contribution in [0.15, 0.2) is 48.6 Å². The average molecular weight is 401 g/mol. The molecule has 0 amide bonds. The summed E-state index contributed by atoms with van der Waals surface area (Å²) in [5.74, 6) is 0.528. The number of carbonyl (C=O) groups is 1. The molecule has 0 spiro atoms. The number of allylic oxidation sites excluding steroid dienone is 2. The van der Waals surface area contributed by atoms with Gasteiger partial charge < -0.3 is 14.2 Å². The number of rotatable bonds is 13. The van der Waals surface area contributed by atoms with E-state index in [4.69, 9.17) is 14.2 Å². The van der Waals surface area contributed by atoms with Crippen molar-refractivity contribution in [3.8, 4) is 5.75 Å². The van der Waals surface area contributed by atoms with Crippen molar-refractivity contribution >= 4 is 5.97 Å². The molecule has 1 unspecified atom stereocenters. The maximum atomic E-state index is 12.1. The van der Waals surface area contributed by atoms with Crippen LogP contribution >= 0.6 is 0 Å². The third-order valence-electron chi connectivity index (χ3n) is 5.15. The zero-order valence-corrected chi connectivity index (χ0v) is 18.2. The lowest BCUT2D eigenvalue weighted by atomic mass is 9.87. The van der Waals surface area contributed by atoms with E-state index >= 15 is 0 Å². The van der Waals surface area contributed by atoms with Crippen LogP contribution in [0.1, 0.15) is 71.3 Å². The molecular formula is C25H36O4. The van der Waals surface area contributed by atoms with E-state index < -0.39 is 11.7 Å². The van der Waals surface area contributed by atoms with Crippen molar-refractivity contribution in [3.63, 3.8) is 0 Å². The van der Waals surface area contributed by atoms with Gasteiger partial charge in [-0.1, -0.05) is 69.4 Å². The van der Waals surface area contributed by atoms with Crippen molar-refractivity contribution in [1.82, 2.24) is 0 Å². The number of hydrogen-bond acceptors (Lipinski definition) is 4. The molecule has 4 nitrogen and oxygen atoms in total. The summed E-state index contributed by atoms with van der Waals surface area (Å²) in [4.78, 5) is 12.1. The summed E-state index contributed by atoms with van der Waals surface area (Å²) in [6, 6.07) is 8.02. The number of esters is 1. The summed E-state index contributed by atoms with van der Waals surface area (Å²) in [6.45, 7) is 6.87. The van der Waals surface area contributed by atoms with E-state index in [1.54, 1.807) is 13.8 Å². The topological polar surface area (TPSA) is 44.8 Å². The zero-order valence-electron chi connectivity index (χ0n) is 18.2. The van der Waals surface area contributed by atoms with Crippen LogP contribution in [0.4, 0.5) is 0 Å². The highest BCUT2D eigenvalue weighted by Crippen LogP contribution is 2.36. The maximum Gasteiger partial charge on any atom is 0.335 e. The Hall–Kier alpha value is -2.07. The monoisotopic (exact) mass is 400 g/mol. The summed E-state index contributed by atoms with van der Waals surface area (Å²) in [7, 11) is 0. The highest BCUT2D eigenvalue weighted by Gasteiger charge is 2.34. The van der Waals surface area contributed by atoms with Crippen LogP contribution in [-0.4, -0.2) is 25.3 Å². The Morgan fingerprint density at radius 3 is 2.41 bits per heavy atom. The average Bonchev–Trinajstić information content (AvgIpc) is 2.74. The van der Waals surface area contributed by atoms with Crippen LogP contribution in [0.3, 0.4) is 0 Å². The van der Waals surface area contributed by atoms with Gasteiger partial charge in [0.2, 0.25) is 0 Å². The molecule has 2 atom stereocenters. The molecule has 0 heterocycles. The summed E-state index contributed by atoms with van der Waals surface area (Å²) in [6.07, 6.45) is 15.6. The lowest BCUT2D eigenvalue weighted by Crippen LogP contribution is -2.36. The van der Waals surface area contributed by atoms with Gasteiger partial charge >= 0.3 is 5.97 Å². The van der Waals surface area contributed by atoms with Gasteiger partial charge in [-0.05, 0) is 44.0 Å². The van der Waals surface area contributed by atoms with Crippen molar-refractivity contribution < 1.29 is 19.0 Å². The lowest BCUT2D eigenvalue weighted by Gasteiger charge is -2.34. The first-order chi connectivity index (χ1) is 14.1. The quantitative estimate of drug-likeness (QED) is 0.296. The first-order valence-electron chi connectivity index (χ1n) is 11.0. The Kier molecular flexibility index (Phi) is 9.99. The fraction of sp³-hybridized carbons (Fsp3) is 0.560. The minimum Gasteiger partial charge on any atom is -0.494 e. The van der Waals surface area contributed by atoms with Gasteiger partial charge in [-0.3, -0.25) is 0 Å². The van der Waals surface area contributed by atoms with Crippen LogP contribution in [0, 0.1) is 0 Å². The van der Waals surface area contributed by atoms with Gasteiger partial charge in [-0.2, -0.15) is 0 Å². The van der Waals surface area contributed by atoms with Gasteiger partial charge in [0.05, 0.1) is 13.2 Å². The highest BCUT2D eigenvalue weighted by molar-refractivity contribution is 5.74. The molecule has 0 saturated carbocycles. The van der Waals surface area contributed by atoms with Crippen molar-refractivity contribution in [2.24, 2.45) is 0 Å². The molecule has 4 heteroatoms. The van der Waals surface area contributed by atoms with Gasteiger partial charge in [-0.25, -0.2) is 4.79 Å². The molecule has 2 rings (SSSR count). The SMILES string of the molecule is CCCCCCCCOc1ccc(C2(O[C@@H](C)C(=O)OCC)C=CC=CC2)cc1. The van der Waals surface area contributed by atoms with Gasteiger partial charge in [0.25, 0.3) is 0 Å². The normalized spacial score (nSPS) is 19.1. The fourth-order valence-electron chi connectivity index (χ4n) is 3.50. The van der Waals surface area contributed by atoms with Gasteiger partial charge in [0.1, 0.15) is 11.4 Å². The van der Waals surface area contributed by atoms with Crippen LogP contribution < -0.4 is 4.74 Å². The Balaban J connectivity index is 1.94. The first kappa shape index (κ1) is 23.2. The van der Waals surface area contributed by atoms with Crippen molar-refractivity contribution in [1.29, 1.82) is 0 Å². The highest BCUT2D eigenvalue weighted by atomic mass is 16.6. The first-order valence-corrected chi connectivity index (χ1v) is 11.0. The molecule has 1 aliphatic rings. The third kappa shape index (κ3) is 7.36. The molecule has 0 fully saturated rings. The maximum absolute atomic E-state index is 12.1. The van der Waals surface area contributed by atoms with Crippen LogP contribution in [0.25, 0.3) is 0 Å². The Bertz CT molecular complexity index is 662. The van der Waals surface area contributed by atoms with Crippen LogP contribution in [0.5, 0.6) is 5.75 Å². The van der Waals surface area contributed by atoms with Gasteiger partial charge in [0, 0.05) is 6.42 Å². The molecule has 0 aliphatic heterocycles. The molecule has 0 bridgehead atoms. The summed E-state index contributed by atoms with van der Waals surface area (Å²) in [5, 5.41) is 0. The molecular weight excluding hydrogens is 364 g/mol. The van der Waals surface area contributed by atoms with Crippen LogP contribution in [0.2, 0.25) is 0 Å². The minimum absolute atomic E-state index is 0.339. The van der Waals surface area contributed by atoms with Crippen LogP contribution in [-0.2, 0) is 19.9 Å². The Labute approximate surface area is 175 Å². The fourth-order valence-corrected chi connectivity index (χ4v) is 3.50. The molecule has 1 aromatic carbocycles. The predicted molar refractivity (Wildman–Crippen MR) is 117 cm³/mol. The standard InChI is InChI=1S/C25H36O4/c1-4-6-7-8-9-13-20-28-23-16-14-22(15-17-23)25(18-11-10-12-19-25)29-21(3)24(26)27-5-2/h10-12,14-18,21H,4-9,13,19-20H2,1-3H3/t21-,25?/m0/s1. The molecule has 0 N–H and O–H groups in total. The summed E-state index contributed by atoms with van der Waals surface area (Å²) < 4.78 is 17.2. The number of unbranched alkanes of at least 4 members (excludes halogenated alkanes) is 5. The molecule has 160 valence electrons. The van der Waals surface area contributed by atoms with E-state index in [2.05, 4.69) is 13.0 Å². The Morgan fingerprint density at radius 1 is 1.03 bits per heavy atom. The second-order valence-electron chi connectivity index (χ2n) is 7.53. The number of ether oxygens (including phenoxy) is 3. The van der Waals surface area contributed by atoms with E-state index in [-0.39, 0.29) is 5.97 Å². The van der Waals surface area contributed by atoms with E-state index in [9.17, 15) is 4.79 Å². The summed E-state index contributed by atoms with van der Waals surface area (Å²) >= 11 is 0. The number of hydrogen-bond donors (Lipinski definition) is 0. The third-order valence-corrected chi connectivity index (χ3v) is 5.15. The van der Waals surface area contributed by atoms with Crippen molar-refractivity contribution in [2.75, 3.05) is 13.2 Å². The zero-order chi connectivity index (χ0) is 21.0. The van der Waals surface area contributed by atoms with E-state index in [0.717, 1.165) is 24.3 Å². The van der Waals surface area contributed by atoms with Crippen molar-refractivity contribution in [2.45, 2.75) is 77.4 Å². The second-order valence-corrected chi connectivity index (χ2v) is 7.53. The smallest absolute Gasteiger partial charge is 0.335 e. The van der Waals surface area contributed by atoms with Crippen molar-refractivity contribution in [3.05, 3.63) is 54.1 Å². The molecule has 0 radical (unpaired) electrons.